The quantitative estimate of drug-likeness (QED) is 0.483. The Kier molecular flexibility index (Phi) is 5.30. The van der Waals surface area contributed by atoms with Gasteiger partial charge in [0.05, 0.1) is 35.5 Å². The lowest BCUT2D eigenvalue weighted by Crippen LogP contribution is -2.40. The summed E-state index contributed by atoms with van der Waals surface area (Å²) in [6.07, 6.45) is -4.40. The molecule has 2 aromatic heterocycles. The molecule has 0 aliphatic carbocycles. The van der Waals surface area contributed by atoms with E-state index in [-0.39, 0.29) is 12.5 Å². The smallest absolute Gasteiger partial charge is 0.378 e. The fraction of sp³-hybridized carbons (Fsp3) is 0.250. The Morgan fingerprint density at radius 2 is 1.82 bits per heavy atom. The molecule has 4 aromatic rings. The number of nitrogens with one attached hydrogen (secondary N) is 1. The molecule has 3 N–H and O–H groups in total. The molecule has 1 fully saturated rings. The highest BCUT2D eigenvalue weighted by Crippen LogP contribution is 2.33. The molecule has 6 nitrogen and oxygen atoms in total. The van der Waals surface area contributed by atoms with Crippen LogP contribution in [0, 0.1) is 0 Å². The number of rotatable bonds is 3. The van der Waals surface area contributed by atoms with Crippen molar-refractivity contribution in [2.45, 2.75) is 12.7 Å². The number of morpholine rings is 1. The van der Waals surface area contributed by atoms with Crippen LogP contribution in [0.3, 0.4) is 0 Å². The summed E-state index contributed by atoms with van der Waals surface area (Å²) in [5.41, 5.74) is 9.86. The molecule has 1 saturated heterocycles. The number of carbonyl (C=O) groups excluding carboxylic acids is 1. The fourth-order valence-electron chi connectivity index (χ4n) is 4.14. The van der Waals surface area contributed by atoms with Crippen LogP contribution in [0.25, 0.3) is 33.2 Å². The molecule has 9 heteroatoms. The second-order valence-corrected chi connectivity index (χ2v) is 7.96. The number of ether oxygens (including phenoxy) is 1. The van der Waals surface area contributed by atoms with Gasteiger partial charge in [-0.1, -0.05) is 12.1 Å². The number of nitrogens with zero attached hydrogens (tertiary/aromatic N) is 2. The van der Waals surface area contributed by atoms with Crippen molar-refractivity contribution in [1.82, 2.24) is 14.9 Å². The molecule has 0 radical (unpaired) electrons. The number of amides is 1. The van der Waals surface area contributed by atoms with Crippen LogP contribution >= 0.6 is 0 Å². The average molecular weight is 454 g/mol. The number of benzene rings is 2. The average Bonchev–Trinajstić information content (AvgIpc) is 3.21. The summed E-state index contributed by atoms with van der Waals surface area (Å²) in [6, 6.07) is 12.1. The predicted octanol–water partition coefficient (Wildman–Crippen LogP) is 4.33. The molecule has 2 aromatic carbocycles. The van der Waals surface area contributed by atoms with E-state index in [9.17, 15) is 18.0 Å². The lowest BCUT2D eigenvalue weighted by atomic mass is 10.0. The van der Waals surface area contributed by atoms with Crippen LogP contribution in [0.2, 0.25) is 0 Å². The fourth-order valence-corrected chi connectivity index (χ4v) is 4.14. The first-order chi connectivity index (χ1) is 15.8. The molecular weight excluding hydrogens is 433 g/mol. The lowest BCUT2D eigenvalue weighted by Gasteiger charge is -2.26. The van der Waals surface area contributed by atoms with E-state index in [2.05, 4.69) is 4.98 Å². The number of halogens is 3. The number of H-pyrrole nitrogens is 1. The van der Waals surface area contributed by atoms with Crippen molar-refractivity contribution in [1.29, 1.82) is 0 Å². The van der Waals surface area contributed by atoms with E-state index in [1.165, 1.54) is 12.1 Å². The number of alkyl halides is 3. The SMILES string of the molecule is NCc1cc(-c2ccc(C(F)(F)F)cc2)nc2c1[nH]c1cc(C(=O)N3CCOCC3)ccc12. The summed E-state index contributed by atoms with van der Waals surface area (Å²) in [7, 11) is 0. The van der Waals surface area contributed by atoms with Gasteiger partial charge in [0.1, 0.15) is 0 Å². The Bertz CT molecular complexity index is 1340. The zero-order chi connectivity index (χ0) is 23.2. The molecule has 0 bridgehead atoms. The van der Waals surface area contributed by atoms with Gasteiger partial charge in [0.25, 0.3) is 5.91 Å². The summed E-state index contributed by atoms with van der Waals surface area (Å²) >= 11 is 0. The minimum Gasteiger partial charge on any atom is -0.378 e. The van der Waals surface area contributed by atoms with Crippen LogP contribution < -0.4 is 5.73 Å². The van der Waals surface area contributed by atoms with Crippen LogP contribution in [0.15, 0.2) is 48.5 Å². The predicted molar refractivity (Wildman–Crippen MR) is 119 cm³/mol. The standard InChI is InChI=1S/C24H21F3N4O2/c25-24(26,27)17-4-1-14(2-5-17)19-12-16(13-28)21-22(29-19)18-6-3-15(11-20(18)30-21)23(32)31-7-9-33-10-8-31/h1-6,11-12,30H,7-10,13,28H2. The van der Waals surface area contributed by atoms with E-state index in [0.29, 0.717) is 48.6 Å². The first kappa shape index (κ1) is 21.4. The van der Waals surface area contributed by atoms with E-state index in [1.807, 2.05) is 6.07 Å². The van der Waals surface area contributed by atoms with Gasteiger partial charge >= 0.3 is 6.18 Å². The number of aromatic nitrogens is 2. The van der Waals surface area contributed by atoms with Crippen molar-refractivity contribution in [3.63, 3.8) is 0 Å². The van der Waals surface area contributed by atoms with Gasteiger partial charge in [0, 0.05) is 41.7 Å². The highest BCUT2D eigenvalue weighted by molar-refractivity contribution is 6.09. The second kappa shape index (κ2) is 8.17. The number of hydrogen-bond donors (Lipinski definition) is 2. The zero-order valence-electron chi connectivity index (χ0n) is 17.6. The number of aromatic amines is 1. The van der Waals surface area contributed by atoms with E-state index in [4.69, 9.17) is 15.5 Å². The van der Waals surface area contributed by atoms with Gasteiger partial charge in [-0.2, -0.15) is 13.2 Å². The molecule has 1 aliphatic heterocycles. The number of hydrogen-bond acceptors (Lipinski definition) is 4. The molecule has 33 heavy (non-hydrogen) atoms. The topological polar surface area (TPSA) is 84.2 Å². The van der Waals surface area contributed by atoms with E-state index in [1.54, 1.807) is 23.1 Å². The molecule has 1 amide bonds. The molecule has 0 spiro atoms. The molecule has 170 valence electrons. The molecule has 5 rings (SSSR count). The third-order valence-electron chi connectivity index (χ3n) is 5.91. The number of nitrogens with two attached hydrogens (primary N) is 1. The van der Waals surface area contributed by atoms with Crippen LogP contribution in [0.4, 0.5) is 13.2 Å². The Balaban J connectivity index is 1.57. The third kappa shape index (κ3) is 3.94. The Labute approximate surface area is 187 Å². The Morgan fingerprint density at radius 1 is 1.09 bits per heavy atom. The van der Waals surface area contributed by atoms with Gasteiger partial charge in [0.15, 0.2) is 0 Å². The first-order valence-electron chi connectivity index (χ1n) is 10.6. The second-order valence-electron chi connectivity index (χ2n) is 7.96. The maximum atomic E-state index is 12.9. The molecule has 0 saturated carbocycles. The van der Waals surface area contributed by atoms with Crippen LogP contribution in [-0.4, -0.2) is 47.1 Å². The van der Waals surface area contributed by atoms with Crippen LogP contribution in [-0.2, 0) is 17.5 Å². The maximum Gasteiger partial charge on any atom is 0.416 e. The highest BCUT2D eigenvalue weighted by Gasteiger charge is 2.30. The Hall–Kier alpha value is -3.43. The lowest BCUT2D eigenvalue weighted by molar-refractivity contribution is -0.137. The van der Waals surface area contributed by atoms with Crippen molar-refractivity contribution in [2.24, 2.45) is 5.73 Å². The minimum atomic E-state index is -4.40. The van der Waals surface area contributed by atoms with Gasteiger partial charge in [-0.3, -0.25) is 4.79 Å². The maximum absolute atomic E-state index is 12.9. The third-order valence-corrected chi connectivity index (χ3v) is 5.91. The monoisotopic (exact) mass is 454 g/mol. The van der Waals surface area contributed by atoms with Gasteiger partial charge in [0.2, 0.25) is 0 Å². The van der Waals surface area contributed by atoms with Gasteiger partial charge < -0.3 is 20.4 Å². The van der Waals surface area contributed by atoms with Crippen molar-refractivity contribution in [3.05, 3.63) is 65.2 Å². The molecule has 0 atom stereocenters. The van der Waals surface area contributed by atoms with Gasteiger partial charge in [-0.15, -0.1) is 0 Å². The summed E-state index contributed by atoms with van der Waals surface area (Å²) in [6.45, 7) is 2.38. The summed E-state index contributed by atoms with van der Waals surface area (Å²) in [5.74, 6) is -0.0590. The molecular formula is C24H21F3N4O2. The van der Waals surface area contributed by atoms with E-state index < -0.39 is 11.7 Å². The summed E-state index contributed by atoms with van der Waals surface area (Å²) in [5, 5.41) is 0.812. The molecule has 3 heterocycles. The number of pyridine rings is 1. The van der Waals surface area contributed by atoms with E-state index in [0.717, 1.165) is 34.1 Å². The van der Waals surface area contributed by atoms with Crippen LogP contribution in [0.5, 0.6) is 0 Å². The Morgan fingerprint density at radius 3 is 2.48 bits per heavy atom. The molecule has 0 unspecified atom stereocenters. The normalized spacial score (nSPS) is 14.8. The summed E-state index contributed by atoms with van der Waals surface area (Å²) in [4.78, 5) is 22.7. The number of fused-ring (bicyclic) bond motifs is 3. The molecule has 1 aliphatic rings. The zero-order valence-corrected chi connectivity index (χ0v) is 17.6. The van der Waals surface area contributed by atoms with Gasteiger partial charge in [-0.05, 0) is 42.0 Å². The first-order valence-corrected chi connectivity index (χ1v) is 10.6. The van der Waals surface area contributed by atoms with Crippen molar-refractivity contribution in [3.8, 4) is 11.3 Å². The van der Waals surface area contributed by atoms with Crippen molar-refractivity contribution >= 4 is 27.8 Å². The largest absolute Gasteiger partial charge is 0.416 e. The van der Waals surface area contributed by atoms with E-state index >= 15 is 0 Å². The van der Waals surface area contributed by atoms with Crippen LogP contribution in [0.1, 0.15) is 21.5 Å². The summed E-state index contributed by atoms with van der Waals surface area (Å²) < 4.78 is 44.1. The highest BCUT2D eigenvalue weighted by atomic mass is 19.4. The minimum absolute atomic E-state index is 0.0590. The van der Waals surface area contributed by atoms with Crippen molar-refractivity contribution in [2.75, 3.05) is 26.3 Å². The van der Waals surface area contributed by atoms with Gasteiger partial charge in [-0.25, -0.2) is 4.98 Å². The van der Waals surface area contributed by atoms with Crippen molar-refractivity contribution < 1.29 is 22.7 Å². The number of carbonyl (C=O) groups is 1.